The third kappa shape index (κ3) is 6.67. The Labute approximate surface area is 227 Å². The van der Waals surface area contributed by atoms with Crippen LogP contribution in [0.1, 0.15) is 40.8 Å². The normalized spacial score (nSPS) is 25.4. The first-order valence-electron chi connectivity index (χ1n) is 12.2. The molecule has 1 aliphatic heterocycles. The maximum Gasteiger partial charge on any atom is 0.460 e. The summed E-state index contributed by atoms with van der Waals surface area (Å²) in [6, 6.07) is 6.52. The van der Waals surface area contributed by atoms with Crippen LogP contribution in [0.15, 0.2) is 46.1 Å². The van der Waals surface area contributed by atoms with E-state index < -0.39 is 79.2 Å². The van der Waals surface area contributed by atoms with Crippen molar-refractivity contribution in [3.05, 3.63) is 63.2 Å². The summed E-state index contributed by atoms with van der Waals surface area (Å²) in [7, 11) is -4.55. The molecule has 1 saturated heterocycles. The predicted molar refractivity (Wildman–Crippen MR) is 136 cm³/mol. The van der Waals surface area contributed by atoms with Gasteiger partial charge in [0.25, 0.3) is 5.56 Å². The highest BCUT2D eigenvalue weighted by molar-refractivity contribution is 7.52. The van der Waals surface area contributed by atoms with Crippen LogP contribution < -0.4 is 20.9 Å². The van der Waals surface area contributed by atoms with E-state index in [0.717, 1.165) is 0 Å². The second-order valence-corrected chi connectivity index (χ2v) is 11.7. The fourth-order valence-electron chi connectivity index (χ4n) is 4.05. The molecule has 1 aromatic carbocycles. The Bertz CT molecular complexity index is 1370. The van der Waals surface area contributed by atoms with Gasteiger partial charge in [-0.05, 0) is 46.8 Å². The molecule has 0 saturated carbocycles. The molecule has 1 aromatic heterocycles. The third-order valence-corrected chi connectivity index (χ3v) is 7.83. The molecule has 0 aliphatic carbocycles. The average molecular weight is 592 g/mol. The molecule has 1 fully saturated rings. The lowest BCUT2D eigenvalue weighted by Crippen LogP contribution is -2.54. The van der Waals surface area contributed by atoms with Crippen molar-refractivity contribution in [2.24, 2.45) is 0 Å². The molecule has 4 N–H and O–H groups in total. The largest absolute Gasteiger partial charge is 0.462 e. The Morgan fingerprint density at radius 1 is 1.27 bits per heavy atom. The van der Waals surface area contributed by atoms with Crippen LogP contribution in [0.5, 0.6) is 5.75 Å². The number of aromatic nitrogens is 2. The summed E-state index contributed by atoms with van der Waals surface area (Å²) in [6.07, 6.45) is -5.98. The van der Waals surface area contributed by atoms with Gasteiger partial charge >= 0.3 is 19.4 Å². The number of nitrogens with one attached hydrogen (secondary N) is 2. The fraction of sp³-hybridized carbons (Fsp3) is 0.542. The molecule has 2 aromatic rings. The van der Waals surface area contributed by atoms with Gasteiger partial charge in [0.2, 0.25) is 5.82 Å². The van der Waals surface area contributed by atoms with Gasteiger partial charge < -0.3 is 24.2 Å². The molecule has 0 bridgehead atoms. The van der Waals surface area contributed by atoms with Crippen LogP contribution in [0.3, 0.4) is 0 Å². The molecular formula is C24H32F2N3O10P. The van der Waals surface area contributed by atoms with Crippen LogP contribution in [-0.2, 0) is 23.4 Å². The number of aromatic amines is 1. The van der Waals surface area contributed by atoms with Crippen molar-refractivity contribution in [2.45, 2.75) is 76.4 Å². The Balaban J connectivity index is 1.98. The highest BCUT2D eigenvalue weighted by Gasteiger charge is 2.62. The van der Waals surface area contributed by atoms with Crippen LogP contribution in [0.25, 0.3) is 0 Å². The molecule has 2 heterocycles. The Morgan fingerprint density at radius 2 is 1.90 bits per heavy atom. The number of aliphatic hydroxyl groups excluding tert-OH is 1. The van der Waals surface area contributed by atoms with Crippen LogP contribution >= 0.6 is 7.75 Å². The first-order chi connectivity index (χ1) is 18.5. The van der Waals surface area contributed by atoms with Gasteiger partial charge in [-0.25, -0.2) is 13.8 Å². The number of ether oxygens (including phenoxy) is 2. The SMILES string of the molecule is CC(C)OC(=O)[C@H](C)N[P@@](=O)(Oc1ccccc1)OC(C)(C)[C@H]1O[C@@H](n2cc(F)c(=O)[nH]c2=O)[C@@](O)(CF)C1O. The highest BCUT2D eigenvalue weighted by atomic mass is 31.2. The molecule has 0 spiro atoms. The van der Waals surface area contributed by atoms with Crippen molar-refractivity contribution in [3.8, 4) is 5.75 Å². The molecule has 222 valence electrons. The summed E-state index contributed by atoms with van der Waals surface area (Å²) in [5, 5.41) is 24.4. The van der Waals surface area contributed by atoms with E-state index in [2.05, 4.69) is 5.09 Å². The third-order valence-electron chi connectivity index (χ3n) is 5.96. The van der Waals surface area contributed by atoms with E-state index in [0.29, 0.717) is 10.8 Å². The predicted octanol–water partition coefficient (Wildman–Crippen LogP) is 1.55. The molecule has 1 unspecified atom stereocenters. The van der Waals surface area contributed by atoms with Crippen LogP contribution in [0.4, 0.5) is 8.78 Å². The summed E-state index contributed by atoms with van der Waals surface area (Å²) in [4.78, 5) is 37.9. The van der Waals surface area contributed by atoms with Gasteiger partial charge in [-0.15, -0.1) is 0 Å². The highest BCUT2D eigenvalue weighted by Crippen LogP contribution is 2.52. The summed E-state index contributed by atoms with van der Waals surface area (Å²) in [5.41, 5.74) is -7.35. The summed E-state index contributed by atoms with van der Waals surface area (Å²) < 4.78 is 64.6. The molecule has 3 rings (SSSR count). The van der Waals surface area contributed by atoms with Crippen molar-refractivity contribution < 1.29 is 46.9 Å². The van der Waals surface area contributed by atoms with Crippen LogP contribution in [0.2, 0.25) is 0 Å². The van der Waals surface area contributed by atoms with Crippen molar-refractivity contribution >= 4 is 13.7 Å². The second kappa shape index (κ2) is 11.9. The first-order valence-corrected chi connectivity index (χ1v) is 13.7. The molecular weight excluding hydrogens is 559 g/mol. The lowest BCUT2D eigenvalue weighted by atomic mass is 9.88. The second-order valence-electron chi connectivity index (χ2n) is 10.1. The first kappa shape index (κ1) is 31.6. The Morgan fingerprint density at radius 3 is 2.48 bits per heavy atom. The molecule has 13 nitrogen and oxygen atoms in total. The lowest BCUT2D eigenvalue weighted by Gasteiger charge is -2.36. The number of benzene rings is 1. The van der Waals surface area contributed by atoms with Crippen molar-refractivity contribution in [2.75, 3.05) is 6.67 Å². The molecule has 0 amide bonds. The van der Waals surface area contributed by atoms with Gasteiger partial charge in [0.1, 0.15) is 36.3 Å². The summed E-state index contributed by atoms with van der Waals surface area (Å²) in [6.45, 7) is 5.43. The molecule has 6 atom stereocenters. The van der Waals surface area contributed by atoms with Gasteiger partial charge in [0.05, 0.1) is 12.3 Å². The summed E-state index contributed by atoms with van der Waals surface area (Å²) in [5.74, 6) is -2.15. The smallest absolute Gasteiger partial charge is 0.460 e. The number of rotatable bonds is 11. The minimum atomic E-state index is -4.55. The van der Waals surface area contributed by atoms with Gasteiger partial charge in [-0.2, -0.15) is 9.48 Å². The standard InChI is InChI=1S/C24H32F2N3O10P/c1-13(2)36-20(32)14(3)28-40(35,38-15-9-7-6-8-10-15)39-23(4,5)18-17(30)24(34,12-25)21(37-18)29-11-16(26)19(31)27-22(29)33/h6-11,13-14,17-18,21,30,34H,12H2,1-5H3,(H,28,35)(H,27,31,33)/t14-,17?,18-,21+,24+,40+/m0/s1. The topological polar surface area (TPSA) is 178 Å². The number of para-hydroxylation sites is 1. The number of hydrogen-bond acceptors (Lipinski definition) is 10. The summed E-state index contributed by atoms with van der Waals surface area (Å²) >= 11 is 0. The Kier molecular flexibility index (Phi) is 9.39. The number of aliphatic hydroxyl groups is 2. The van der Waals surface area contributed by atoms with Crippen LogP contribution in [0, 0.1) is 5.82 Å². The van der Waals surface area contributed by atoms with Crippen molar-refractivity contribution in [1.29, 1.82) is 0 Å². The molecule has 16 heteroatoms. The Hall–Kier alpha value is -2.94. The van der Waals surface area contributed by atoms with E-state index in [4.69, 9.17) is 18.5 Å². The number of halogens is 2. The van der Waals surface area contributed by atoms with E-state index in [9.17, 15) is 37.9 Å². The number of carbonyl (C=O) groups excluding carboxylic acids is 1. The minimum Gasteiger partial charge on any atom is -0.462 e. The maximum atomic E-state index is 14.2. The average Bonchev–Trinajstić information content (AvgIpc) is 3.12. The van der Waals surface area contributed by atoms with Gasteiger partial charge in [0.15, 0.2) is 11.8 Å². The zero-order valence-corrected chi connectivity index (χ0v) is 23.3. The zero-order valence-electron chi connectivity index (χ0n) is 22.4. The molecule has 0 radical (unpaired) electrons. The fourth-order valence-corrected chi connectivity index (χ4v) is 5.89. The van der Waals surface area contributed by atoms with Gasteiger partial charge in [0, 0.05) is 0 Å². The van der Waals surface area contributed by atoms with E-state index >= 15 is 0 Å². The number of carbonyl (C=O) groups is 1. The van der Waals surface area contributed by atoms with Gasteiger partial charge in [-0.1, -0.05) is 18.2 Å². The number of H-pyrrole nitrogens is 1. The quantitative estimate of drug-likeness (QED) is 0.220. The lowest BCUT2D eigenvalue weighted by molar-refractivity contribution is -0.149. The molecule has 1 aliphatic rings. The molecule has 40 heavy (non-hydrogen) atoms. The number of nitrogens with zero attached hydrogens (tertiary/aromatic N) is 1. The monoisotopic (exact) mass is 591 g/mol. The van der Waals surface area contributed by atoms with Gasteiger partial charge in [-0.3, -0.25) is 23.7 Å². The van der Waals surface area contributed by atoms with Crippen molar-refractivity contribution in [3.63, 3.8) is 0 Å². The minimum absolute atomic E-state index is 0.0693. The number of esters is 1. The van der Waals surface area contributed by atoms with E-state index in [1.165, 1.54) is 32.9 Å². The van der Waals surface area contributed by atoms with Crippen LogP contribution in [-0.4, -0.2) is 68.0 Å². The number of alkyl halides is 1. The maximum absolute atomic E-state index is 14.2. The zero-order chi connectivity index (χ0) is 30.0. The van der Waals surface area contributed by atoms with Crippen molar-refractivity contribution in [1.82, 2.24) is 14.6 Å². The van der Waals surface area contributed by atoms with E-state index in [-0.39, 0.29) is 5.75 Å². The van der Waals surface area contributed by atoms with E-state index in [1.807, 2.05) is 0 Å². The van der Waals surface area contributed by atoms with E-state index in [1.54, 1.807) is 37.0 Å². The number of hydrogen-bond donors (Lipinski definition) is 4.